The first-order chi connectivity index (χ1) is 8.83. The van der Waals surface area contributed by atoms with Gasteiger partial charge in [-0.2, -0.15) is 0 Å². The Morgan fingerprint density at radius 3 is 3.11 bits per heavy atom. The van der Waals surface area contributed by atoms with Crippen LogP contribution in [-0.2, 0) is 29.2 Å². The number of ether oxygens (including phenoxy) is 1. The molecular weight excluding hydrogens is 228 g/mol. The first-order valence-corrected chi connectivity index (χ1v) is 6.53. The molecule has 1 fully saturated rings. The van der Waals surface area contributed by atoms with Crippen LogP contribution in [0.25, 0.3) is 0 Å². The summed E-state index contributed by atoms with van der Waals surface area (Å²) in [5, 5.41) is 6.26. The maximum Gasteiger partial charge on any atom is 0.249 e. The number of carbonyl (C=O) groups excluding carboxylic acids is 1. The lowest BCUT2D eigenvalue weighted by atomic mass is 10.1. The van der Waals surface area contributed by atoms with E-state index in [4.69, 9.17) is 4.74 Å². The fraction of sp³-hybridized carbons (Fsp3) is 0.500. The number of amides is 1. The summed E-state index contributed by atoms with van der Waals surface area (Å²) in [6.45, 7) is 3.19. The molecule has 4 heteroatoms. The van der Waals surface area contributed by atoms with Crippen molar-refractivity contribution < 1.29 is 9.53 Å². The normalized spacial score (nSPS) is 21.9. The van der Waals surface area contributed by atoms with Crippen LogP contribution in [0, 0.1) is 0 Å². The van der Waals surface area contributed by atoms with Crippen LogP contribution in [-0.4, -0.2) is 18.6 Å². The van der Waals surface area contributed by atoms with E-state index in [1.807, 2.05) is 0 Å². The summed E-state index contributed by atoms with van der Waals surface area (Å²) in [6.07, 6.45) is 1.60. The molecule has 1 aromatic carbocycles. The zero-order chi connectivity index (χ0) is 12.4. The van der Waals surface area contributed by atoms with Gasteiger partial charge in [-0.05, 0) is 29.5 Å². The molecule has 1 amide bonds. The molecule has 2 aliphatic heterocycles. The molecule has 0 bridgehead atoms. The van der Waals surface area contributed by atoms with Gasteiger partial charge < -0.3 is 15.4 Å². The van der Waals surface area contributed by atoms with E-state index >= 15 is 0 Å². The van der Waals surface area contributed by atoms with E-state index in [9.17, 15) is 4.79 Å². The average Bonchev–Trinajstić information content (AvgIpc) is 3.05. The highest BCUT2D eigenvalue weighted by atomic mass is 16.5. The van der Waals surface area contributed by atoms with Crippen molar-refractivity contribution in [3.05, 3.63) is 34.9 Å². The third kappa shape index (κ3) is 2.40. The Balaban J connectivity index is 1.58. The molecule has 0 saturated carbocycles. The van der Waals surface area contributed by atoms with E-state index in [-0.39, 0.29) is 12.0 Å². The molecule has 0 aliphatic carbocycles. The van der Waals surface area contributed by atoms with Gasteiger partial charge in [0.05, 0.1) is 0 Å². The molecule has 1 unspecified atom stereocenters. The highest BCUT2D eigenvalue weighted by Gasteiger charge is 2.23. The molecular formula is C14H18N2O2. The monoisotopic (exact) mass is 246 g/mol. The van der Waals surface area contributed by atoms with Gasteiger partial charge >= 0.3 is 0 Å². The largest absolute Gasteiger partial charge is 0.368 e. The molecule has 96 valence electrons. The lowest BCUT2D eigenvalue weighted by molar-refractivity contribution is -0.130. The Morgan fingerprint density at radius 2 is 2.28 bits per heavy atom. The van der Waals surface area contributed by atoms with Gasteiger partial charge in [-0.1, -0.05) is 18.2 Å². The van der Waals surface area contributed by atoms with E-state index < -0.39 is 0 Å². The molecule has 2 N–H and O–H groups in total. The van der Waals surface area contributed by atoms with Crippen LogP contribution in [0.1, 0.15) is 29.5 Å². The molecule has 1 aromatic rings. The van der Waals surface area contributed by atoms with Gasteiger partial charge in [0.2, 0.25) is 5.91 Å². The number of benzene rings is 1. The van der Waals surface area contributed by atoms with Gasteiger partial charge in [0.25, 0.3) is 0 Å². The first kappa shape index (κ1) is 11.7. The summed E-state index contributed by atoms with van der Waals surface area (Å²) >= 11 is 0. The summed E-state index contributed by atoms with van der Waals surface area (Å²) in [6, 6.07) is 6.40. The van der Waals surface area contributed by atoms with Gasteiger partial charge in [0, 0.05) is 26.2 Å². The zero-order valence-corrected chi connectivity index (χ0v) is 10.4. The lowest BCUT2D eigenvalue weighted by Gasteiger charge is -2.11. The standard InChI is InChI=1S/C14H18N2O2/c17-14(13-2-1-5-18-13)16-7-10-3-4-11-8-15-9-12(11)6-10/h3-4,6,13,15H,1-2,5,7-9H2,(H,16,17). The van der Waals surface area contributed by atoms with Crippen molar-refractivity contribution in [2.45, 2.75) is 38.6 Å². The Morgan fingerprint density at radius 1 is 1.39 bits per heavy atom. The molecule has 0 spiro atoms. The number of rotatable bonds is 3. The third-order valence-corrected chi connectivity index (χ3v) is 3.59. The molecule has 3 rings (SSSR count). The molecule has 4 nitrogen and oxygen atoms in total. The van der Waals surface area contributed by atoms with Crippen molar-refractivity contribution in [2.24, 2.45) is 0 Å². The van der Waals surface area contributed by atoms with Crippen molar-refractivity contribution in [1.29, 1.82) is 0 Å². The van der Waals surface area contributed by atoms with Crippen LogP contribution in [0.15, 0.2) is 18.2 Å². The fourth-order valence-electron chi connectivity index (χ4n) is 2.55. The molecule has 2 heterocycles. The van der Waals surface area contributed by atoms with Crippen LogP contribution in [0.3, 0.4) is 0 Å². The van der Waals surface area contributed by atoms with Crippen LogP contribution in [0.2, 0.25) is 0 Å². The maximum atomic E-state index is 11.8. The maximum absolute atomic E-state index is 11.8. The summed E-state index contributed by atoms with van der Waals surface area (Å²) in [5.41, 5.74) is 3.87. The van der Waals surface area contributed by atoms with E-state index in [2.05, 4.69) is 28.8 Å². The Kier molecular flexibility index (Phi) is 3.30. The van der Waals surface area contributed by atoms with Crippen molar-refractivity contribution in [1.82, 2.24) is 10.6 Å². The molecule has 2 aliphatic rings. The lowest BCUT2D eigenvalue weighted by Crippen LogP contribution is -2.33. The van der Waals surface area contributed by atoms with E-state index in [0.29, 0.717) is 13.2 Å². The van der Waals surface area contributed by atoms with Gasteiger partial charge in [0.15, 0.2) is 0 Å². The number of fused-ring (bicyclic) bond motifs is 1. The number of nitrogens with one attached hydrogen (secondary N) is 2. The van der Waals surface area contributed by atoms with Gasteiger partial charge in [-0.25, -0.2) is 0 Å². The smallest absolute Gasteiger partial charge is 0.249 e. The third-order valence-electron chi connectivity index (χ3n) is 3.59. The number of hydrogen-bond donors (Lipinski definition) is 2. The predicted octanol–water partition coefficient (Wildman–Crippen LogP) is 1.08. The summed E-state index contributed by atoms with van der Waals surface area (Å²) in [4.78, 5) is 11.8. The fourth-order valence-corrected chi connectivity index (χ4v) is 2.55. The first-order valence-electron chi connectivity index (χ1n) is 6.53. The van der Waals surface area contributed by atoms with E-state index in [0.717, 1.165) is 31.5 Å². The number of hydrogen-bond acceptors (Lipinski definition) is 3. The Bertz CT molecular complexity index is 453. The van der Waals surface area contributed by atoms with Crippen molar-refractivity contribution in [2.75, 3.05) is 6.61 Å². The van der Waals surface area contributed by atoms with Crippen LogP contribution >= 0.6 is 0 Å². The Labute approximate surface area is 107 Å². The SMILES string of the molecule is O=C(NCc1ccc2c(c1)CNC2)C1CCCO1. The zero-order valence-electron chi connectivity index (χ0n) is 10.4. The quantitative estimate of drug-likeness (QED) is 0.839. The second-order valence-corrected chi connectivity index (χ2v) is 4.93. The highest BCUT2D eigenvalue weighted by molar-refractivity contribution is 5.80. The second-order valence-electron chi connectivity index (χ2n) is 4.93. The van der Waals surface area contributed by atoms with Crippen molar-refractivity contribution in [3.63, 3.8) is 0 Å². The van der Waals surface area contributed by atoms with E-state index in [1.54, 1.807) is 0 Å². The molecule has 0 aromatic heterocycles. The average molecular weight is 246 g/mol. The second kappa shape index (κ2) is 5.08. The van der Waals surface area contributed by atoms with Crippen LogP contribution in [0.5, 0.6) is 0 Å². The van der Waals surface area contributed by atoms with Gasteiger partial charge in [0.1, 0.15) is 6.10 Å². The summed E-state index contributed by atoms with van der Waals surface area (Å²) in [7, 11) is 0. The summed E-state index contributed by atoms with van der Waals surface area (Å²) < 4.78 is 5.36. The molecule has 18 heavy (non-hydrogen) atoms. The van der Waals surface area contributed by atoms with Crippen molar-refractivity contribution >= 4 is 5.91 Å². The minimum atomic E-state index is -0.235. The van der Waals surface area contributed by atoms with Crippen LogP contribution < -0.4 is 10.6 Å². The molecule has 0 radical (unpaired) electrons. The highest BCUT2D eigenvalue weighted by Crippen LogP contribution is 2.17. The van der Waals surface area contributed by atoms with Crippen LogP contribution in [0.4, 0.5) is 0 Å². The van der Waals surface area contributed by atoms with E-state index in [1.165, 1.54) is 11.1 Å². The summed E-state index contributed by atoms with van der Waals surface area (Å²) in [5.74, 6) is 0.0196. The molecule has 1 saturated heterocycles. The van der Waals surface area contributed by atoms with Crippen molar-refractivity contribution in [3.8, 4) is 0 Å². The van der Waals surface area contributed by atoms with Gasteiger partial charge in [-0.15, -0.1) is 0 Å². The predicted molar refractivity (Wildman–Crippen MR) is 67.8 cm³/mol. The minimum Gasteiger partial charge on any atom is -0.368 e. The topological polar surface area (TPSA) is 50.4 Å². The minimum absolute atomic E-state index is 0.0196. The molecule has 1 atom stereocenters. The number of carbonyl (C=O) groups is 1. The van der Waals surface area contributed by atoms with Gasteiger partial charge in [-0.3, -0.25) is 4.79 Å². The Hall–Kier alpha value is -1.39.